The zero-order valence-electron chi connectivity index (χ0n) is 15.0. The van der Waals surface area contributed by atoms with Crippen LogP contribution in [0.3, 0.4) is 0 Å². The van der Waals surface area contributed by atoms with Crippen molar-refractivity contribution in [1.82, 2.24) is 0 Å². The Bertz CT molecular complexity index is 1050. The molecule has 148 valence electrons. The number of ether oxygens (including phenoxy) is 3. The summed E-state index contributed by atoms with van der Waals surface area (Å²) in [5, 5.41) is 11.0. The standard InChI is InChI=1S/C18H18N2O7S/c1-25-15-7-5-13(20(21)22)11-17(15)28(23,24)19-12-4-6-14-16(10-12)27-18(26-14)8-2-3-9-18/h4-7,10-11,19H,2-3,8-9H2,1H3. The van der Waals surface area contributed by atoms with Gasteiger partial charge in [0.05, 0.1) is 17.7 Å². The van der Waals surface area contributed by atoms with E-state index < -0.39 is 20.7 Å². The number of non-ortho nitro benzene ring substituents is 1. The molecule has 2 aromatic carbocycles. The van der Waals surface area contributed by atoms with Gasteiger partial charge in [-0.15, -0.1) is 0 Å². The first-order valence-corrected chi connectivity index (χ1v) is 10.2. The van der Waals surface area contributed by atoms with Crippen LogP contribution in [0.25, 0.3) is 0 Å². The molecule has 2 aromatic rings. The number of sulfonamides is 1. The van der Waals surface area contributed by atoms with E-state index in [1.165, 1.54) is 19.2 Å². The van der Waals surface area contributed by atoms with Crippen LogP contribution in [0.15, 0.2) is 41.3 Å². The number of methoxy groups -OCH3 is 1. The van der Waals surface area contributed by atoms with Gasteiger partial charge in [0, 0.05) is 31.0 Å². The van der Waals surface area contributed by atoms with Gasteiger partial charge in [0.15, 0.2) is 11.5 Å². The summed E-state index contributed by atoms with van der Waals surface area (Å²) >= 11 is 0. The molecule has 1 aliphatic heterocycles. The number of rotatable bonds is 5. The second kappa shape index (κ2) is 6.55. The highest BCUT2D eigenvalue weighted by Crippen LogP contribution is 2.47. The minimum Gasteiger partial charge on any atom is -0.495 e. The highest BCUT2D eigenvalue weighted by molar-refractivity contribution is 7.92. The van der Waals surface area contributed by atoms with Crippen LogP contribution >= 0.6 is 0 Å². The van der Waals surface area contributed by atoms with Crippen LogP contribution in [0.4, 0.5) is 11.4 Å². The van der Waals surface area contributed by atoms with E-state index in [9.17, 15) is 18.5 Å². The van der Waals surface area contributed by atoms with Gasteiger partial charge < -0.3 is 14.2 Å². The second-order valence-corrected chi connectivity index (χ2v) is 8.33. The van der Waals surface area contributed by atoms with Crippen LogP contribution in [0, 0.1) is 10.1 Å². The maximum Gasteiger partial charge on any atom is 0.271 e. The van der Waals surface area contributed by atoms with Crippen molar-refractivity contribution in [1.29, 1.82) is 0 Å². The van der Waals surface area contributed by atoms with Crippen LogP contribution < -0.4 is 18.9 Å². The summed E-state index contributed by atoms with van der Waals surface area (Å²) in [6.45, 7) is 0. The molecule has 2 aliphatic rings. The molecule has 1 heterocycles. The average Bonchev–Trinajstić information content (AvgIpc) is 3.26. The topological polar surface area (TPSA) is 117 Å². The van der Waals surface area contributed by atoms with E-state index in [2.05, 4.69) is 4.72 Å². The molecule has 0 bridgehead atoms. The average molecular weight is 406 g/mol. The van der Waals surface area contributed by atoms with Crippen LogP contribution in [0.2, 0.25) is 0 Å². The van der Waals surface area contributed by atoms with E-state index >= 15 is 0 Å². The van der Waals surface area contributed by atoms with Gasteiger partial charge >= 0.3 is 0 Å². The van der Waals surface area contributed by atoms with E-state index in [1.54, 1.807) is 18.2 Å². The number of hydrogen-bond acceptors (Lipinski definition) is 7. The third-order valence-electron chi connectivity index (χ3n) is 4.80. The van der Waals surface area contributed by atoms with Gasteiger partial charge in [-0.3, -0.25) is 14.8 Å². The molecule has 0 aromatic heterocycles. The number of benzene rings is 2. The van der Waals surface area contributed by atoms with Crippen LogP contribution in [-0.4, -0.2) is 26.2 Å². The lowest BCUT2D eigenvalue weighted by Gasteiger charge is -2.21. The van der Waals surface area contributed by atoms with E-state index in [1.807, 2.05) is 0 Å². The first kappa shape index (κ1) is 18.4. The van der Waals surface area contributed by atoms with E-state index in [4.69, 9.17) is 14.2 Å². The number of hydrogen-bond donors (Lipinski definition) is 1. The van der Waals surface area contributed by atoms with E-state index in [0.717, 1.165) is 31.7 Å². The minimum absolute atomic E-state index is 0.00347. The minimum atomic E-state index is -4.13. The lowest BCUT2D eigenvalue weighted by atomic mass is 10.2. The van der Waals surface area contributed by atoms with Gasteiger partial charge in [0.1, 0.15) is 10.6 Å². The van der Waals surface area contributed by atoms with Gasteiger partial charge in [-0.25, -0.2) is 8.42 Å². The molecule has 28 heavy (non-hydrogen) atoms. The van der Waals surface area contributed by atoms with Crippen molar-refractivity contribution in [3.05, 3.63) is 46.5 Å². The van der Waals surface area contributed by atoms with Gasteiger partial charge in [-0.1, -0.05) is 0 Å². The van der Waals surface area contributed by atoms with Crippen molar-refractivity contribution in [2.24, 2.45) is 0 Å². The molecule has 1 spiro atoms. The molecule has 0 radical (unpaired) electrons. The van der Waals surface area contributed by atoms with Crippen LogP contribution in [0.5, 0.6) is 17.2 Å². The first-order chi connectivity index (χ1) is 13.3. The normalized spacial score (nSPS) is 16.9. The molecule has 4 rings (SSSR count). The second-order valence-electron chi connectivity index (χ2n) is 6.68. The maximum atomic E-state index is 12.8. The third-order valence-corrected chi connectivity index (χ3v) is 6.20. The van der Waals surface area contributed by atoms with E-state index in [0.29, 0.717) is 11.5 Å². The molecule has 1 fully saturated rings. The Hall–Kier alpha value is -3.01. The van der Waals surface area contributed by atoms with Crippen molar-refractivity contribution in [2.75, 3.05) is 11.8 Å². The molecule has 1 N–H and O–H groups in total. The molecule has 0 amide bonds. The lowest BCUT2D eigenvalue weighted by molar-refractivity contribution is -0.385. The molecule has 1 saturated carbocycles. The smallest absolute Gasteiger partial charge is 0.271 e. The van der Waals surface area contributed by atoms with Crippen LogP contribution in [0.1, 0.15) is 25.7 Å². The Morgan fingerprint density at radius 3 is 2.50 bits per heavy atom. The largest absolute Gasteiger partial charge is 0.495 e. The van der Waals surface area contributed by atoms with Crippen molar-refractivity contribution in [3.63, 3.8) is 0 Å². The molecule has 1 aliphatic carbocycles. The summed E-state index contributed by atoms with van der Waals surface area (Å²) in [4.78, 5) is 10.0. The summed E-state index contributed by atoms with van der Waals surface area (Å²) in [6, 6.07) is 8.13. The number of anilines is 1. The lowest BCUT2D eigenvalue weighted by Crippen LogP contribution is -2.34. The highest BCUT2D eigenvalue weighted by atomic mass is 32.2. The quantitative estimate of drug-likeness (QED) is 0.597. The summed E-state index contributed by atoms with van der Waals surface area (Å²) in [5.41, 5.74) is -0.0963. The fourth-order valence-electron chi connectivity index (χ4n) is 3.47. The number of fused-ring (bicyclic) bond motifs is 1. The Morgan fingerprint density at radius 1 is 1.11 bits per heavy atom. The Balaban J connectivity index is 1.63. The molecular weight excluding hydrogens is 388 g/mol. The number of nitrogens with zero attached hydrogens (tertiary/aromatic N) is 1. The molecule has 0 unspecified atom stereocenters. The first-order valence-electron chi connectivity index (χ1n) is 8.69. The predicted molar refractivity (Wildman–Crippen MR) is 99.4 cm³/mol. The van der Waals surface area contributed by atoms with Crippen molar-refractivity contribution >= 4 is 21.4 Å². The zero-order valence-corrected chi connectivity index (χ0v) is 15.8. The van der Waals surface area contributed by atoms with Crippen LogP contribution in [-0.2, 0) is 10.0 Å². The van der Waals surface area contributed by atoms with Gasteiger partial charge in [-0.05, 0) is 31.0 Å². The summed E-state index contributed by atoms with van der Waals surface area (Å²) in [6.07, 6.45) is 3.60. The Labute approximate surface area is 161 Å². The SMILES string of the molecule is COc1ccc([N+](=O)[O-])cc1S(=O)(=O)Nc1ccc2c(c1)OC1(CCCC1)O2. The molecule has 9 nitrogen and oxygen atoms in total. The van der Waals surface area contributed by atoms with Gasteiger partial charge in [-0.2, -0.15) is 0 Å². The summed E-state index contributed by atoms with van der Waals surface area (Å²) in [7, 11) is -2.84. The van der Waals surface area contributed by atoms with Crippen molar-refractivity contribution in [3.8, 4) is 17.2 Å². The van der Waals surface area contributed by atoms with Crippen molar-refractivity contribution in [2.45, 2.75) is 36.4 Å². The fraction of sp³-hybridized carbons (Fsp3) is 0.333. The monoisotopic (exact) mass is 406 g/mol. The molecule has 10 heteroatoms. The number of nitro groups is 1. The summed E-state index contributed by atoms with van der Waals surface area (Å²) in [5.74, 6) is 0.387. The maximum absolute atomic E-state index is 12.8. The highest BCUT2D eigenvalue weighted by Gasteiger charge is 2.44. The van der Waals surface area contributed by atoms with Crippen molar-refractivity contribution < 1.29 is 27.6 Å². The number of nitro benzene ring substituents is 1. The predicted octanol–water partition coefficient (Wildman–Crippen LogP) is 3.45. The molecule has 0 saturated heterocycles. The Morgan fingerprint density at radius 2 is 1.82 bits per heavy atom. The Kier molecular flexibility index (Phi) is 4.30. The molecular formula is C18H18N2O7S. The van der Waals surface area contributed by atoms with E-state index in [-0.39, 0.29) is 22.0 Å². The summed E-state index contributed by atoms with van der Waals surface area (Å²) < 4.78 is 45.0. The number of nitrogens with one attached hydrogen (secondary N) is 1. The zero-order chi connectivity index (χ0) is 19.9. The fourth-order valence-corrected chi connectivity index (χ4v) is 4.71. The third kappa shape index (κ3) is 3.19. The van der Waals surface area contributed by atoms with Gasteiger partial charge in [0.2, 0.25) is 0 Å². The van der Waals surface area contributed by atoms with Gasteiger partial charge in [0.25, 0.3) is 21.5 Å². The molecule has 0 atom stereocenters.